The summed E-state index contributed by atoms with van der Waals surface area (Å²) in [5.41, 5.74) is 3.53. The molecule has 0 saturated heterocycles. The number of nitrogens with one attached hydrogen (secondary N) is 3. The maximum Gasteiger partial charge on any atom is 0.231 e. The molecule has 0 amide bonds. The van der Waals surface area contributed by atoms with Gasteiger partial charge in [-0.15, -0.1) is 0 Å². The third kappa shape index (κ3) is 3.88. The van der Waals surface area contributed by atoms with E-state index in [4.69, 9.17) is 9.47 Å². The zero-order chi connectivity index (χ0) is 21.9. The Bertz CT molecular complexity index is 1270. The van der Waals surface area contributed by atoms with E-state index in [0.29, 0.717) is 33.7 Å². The normalized spacial score (nSPS) is 12.2. The first-order valence-electron chi connectivity index (χ1n) is 10.3. The Morgan fingerprint density at radius 2 is 1.78 bits per heavy atom. The Balaban J connectivity index is 1.64. The standard InChI is InChI=1S/C24H22FN5O2/c1-26-10-11-28-17-3-4-18-19(13-17)30-23(15-2-5-20-21(12-15)32-14-31-20)22(25)24(18)29-16-6-8-27-9-7-16/h2-9,12-13,26,28H,10-11,14H2,1H3,(H,27,29,30). The quantitative estimate of drug-likeness (QED) is 0.371. The SMILES string of the molecule is CNCCNc1ccc2c(Nc3ccncc3)c(F)c(-c3ccc4c(c3)OCO4)nc2c1. The number of anilines is 3. The highest BCUT2D eigenvalue weighted by molar-refractivity contribution is 5.97. The molecule has 1 aliphatic rings. The minimum Gasteiger partial charge on any atom is -0.454 e. The van der Waals surface area contributed by atoms with Crippen LogP contribution in [0.5, 0.6) is 11.5 Å². The van der Waals surface area contributed by atoms with E-state index in [9.17, 15) is 0 Å². The topological polar surface area (TPSA) is 80.3 Å². The number of nitrogens with zero attached hydrogens (tertiary/aromatic N) is 2. The molecule has 4 aromatic rings. The van der Waals surface area contributed by atoms with E-state index < -0.39 is 5.82 Å². The molecule has 0 fully saturated rings. The molecule has 32 heavy (non-hydrogen) atoms. The van der Waals surface area contributed by atoms with Gasteiger partial charge in [0.15, 0.2) is 17.3 Å². The zero-order valence-corrected chi connectivity index (χ0v) is 17.5. The molecule has 162 valence electrons. The molecule has 2 aromatic heterocycles. The van der Waals surface area contributed by atoms with Gasteiger partial charge in [-0.1, -0.05) is 0 Å². The fraction of sp³-hybridized carbons (Fsp3) is 0.167. The summed E-state index contributed by atoms with van der Waals surface area (Å²) in [6, 6.07) is 14.6. The number of aromatic nitrogens is 2. The number of hydrogen-bond acceptors (Lipinski definition) is 7. The van der Waals surface area contributed by atoms with Crippen molar-refractivity contribution in [1.29, 1.82) is 0 Å². The van der Waals surface area contributed by atoms with Crippen LogP contribution in [0.3, 0.4) is 0 Å². The van der Waals surface area contributed by atoms with Crippen molar-refractivity contribution in [2.24, 2.45) is 0 Å². The summed E-state index contributed by atoms with van der Waals surface area (Å²) in [6.07, 6.45) is 3.32. The second-order valence-electron chi connectivity index (χ2n) is 7.34. The van der Waals surface area contributed by atoms with Gasteiger partial charge in [0.1, 0.15) is 5.69 Å². The number of pyridine rings is 2. The van der Waals surface area contributed by atoms with Gasteiger partial charge in [0.05, 0.1) is 11.2 Å². The molecular weight excluding hydrogens is 409 g/mol. The molecule has 0 unspecified atom stereocenters. The van der Waals surface area contributed by atoms with Crippen LogP contribution >= 0.6 is 0 Å². The maximum atomic E-state index is 15.8. The summed E-state index contributed by atoms with van der Waals surface area (Å²) < 4.78 is 26.7. The third-order valence-electron chi connectivity index (χ3n) is 5.23. The van der Waals surface area contributed by atoms with Crippen molar-refractivity contribution in [3.63, 3.8) is 0 Å². The van der Waals surface area contributed by atoms with Crippen LogP contribution in [0.4, 0.5) is 21.5 Å². The summed E-state index contributed by atoms with van der Waals surface area (Å²) in [7, 11) is 1.90. The lowest BCUT2D eigenvalue weighted by molar-refractivity contribution is 0.174. The Hall–Kier alpha value is -3.91. The van der Waals surface area contributed by atoms with Crippen molar-refractivity contribution in [1.82, 2.24) is 15.3 Å². The zero-order valence-electron chi connectivity index (χ0n) is 17.5. The lowest BCUT2D eigenvalue weighted by atomic mass is 10.1. The van der Waals surface area contributed by atoms with Crippen molar-refractivity contribution in [3.8, 4) is 22.8 Å². The summed E-state index contributed by atoms with van der Waals surface area (Å²) in [5.74, 6) is 0.778. The van der Waals surface area contributed by atoms with Gasteiger partial charge in [0, 0.05) is 47.8 Å². The van der Waals surface area contributed by atoms with Crippen LogP contribution in [0.2, 0.25) is 0 Å². The van der Waals surface area contributed by atoms with Crippen molar-refractivity contribution in [3.05, 3.63) is 66.7 Å². The van der Waals surface area contributed by atoms with Gasteiger partial charge in [-0.05, 0) is 55.6 Å². The lowest BCUT2D eigenvalue weighted by Gasteiger charge is -2.15. The molecule has 0 atom stereocenters. The number of fused-ring (bicyclic) bond motifs is 2. The predicted molar refractivity (Wildman–Crippen MR) is 123 cm³/mol. The highest BCUT2D eigenvalue weighted by Gasteiger charge is 2.20. The van der Waals surface area contributed by atoms with Crippen molar-refractivity contribution >= 4 is 28.0 Å². The Labute approximate surface area is 184 Å². The number of rotatable bonds is 7. The first-order chi connectivity index (χ1) is 15.7. The largest absolute Gasteiger partial charge is 0.454 e. The molecule has 0 saturated carbocycles. The summed E-state index contributed by atoms with van der Waals surface area (Å²) in [6.45, 7) is 1.75. The molecule has 8 heteroatoms. The monoisotopic (exact) mass is 431 g/mol. The van der Waals surface area contributed by atoms with E-state index in [1.165, 1.54) is 0 Å². The molecule has 1 aliphatic heterocycles. The van der Waals surface area contributed by atoms with Crippen LogP contribution in [-0.4, -0.2) is 36.9 Å². The fourth-order valence-electron chi connectivity index (χ4n) is 3.62. The van der Waals surface area contributed by atoms with Crippen LogP contribution in [0.1, 0.15) is 0 Å². The third-order valence-corrected chi connectivity index (χ3v) is 5.23. The molecule has 0 bridgehead atoms. The number of halogens is 1. The molecule has 7 nitrogen and oxygen atoms in total. The van der Waals surface area contributed by atoms with Crippen LogP contribution < -0.4 is 25.4 Å². The van der Waals surface area contributed by atoms with E-state index in [0.717, 1.165) is 24.5 Å². The minimum atomic E-state index is -0.441. The first-order valence-corrected chi connectivity index (χ1v) is 10.3. The highest BCUT2D eigenvalue weighted by atomic mass is 19.1. The number of hydrogen-bond donors (Lipinski definition) is 3. The van der Waals surface area contributed by atoms with Crippen LogP contribution in [0.15, 0.2) is 60.9 Å². The number of ether oxygens (including phenoxy) is 2. The Morgan fingerprint density at radius 1 is 0.938 bits per heavy atom. The van der Waals surface area contributed by atoms with Crippen molar-refractivity contribution < 1.29 is 13.9 Å². The molecule has 5 rings (SSSR count). The average molecular weight is 431 g/mol. The molecular formula is C24H22FN5O2. The number of likely N-dealkylation sites (N-methyl/N-ethyl adjacent to an activating group) is 1. The van der Waals surface area contributed by atoms with Crippen LogP contribution in [0, 0.1) is 5.82 Å². The van der Waals surface area contributed by atoms with E-state index in [1.54, 1.807) is 42.7 Å². The first kappa shape index (κ1) is 20.0. The van der Waals surface area contributed by atoms with Gasteiger partial charge in [-0.3, -0.25) is 4.98 Å². The minimum absolute atomic E-state index is 0.156. The number of benzene rings is 2. The average Bonchev–Trinajstić information content (AvgIpc) is 3.29. The van der Waals surface area contributed by atoms with Gasteiger partial charge >= 0.3 is 0 Å². The van der Waals surface area contributed by atoms with Crippen molar-refractivity contribution in [2.75, 3.05) is 37.6 Å². The van der Waals surface area contributed by atoms with Gasteiger partial charge in [-0.2, -0.15) is 0 Å². The Kier molecular flexibility index (Phi) is 5.43. The maximum absolute atomic E-state index is 15.8. The van der Waals surface area contributed by atoms with Crippen LogP contribution in [0.25, 0.3) is 22.2 Å². The van der Waals surface area contributed by atoms with E-state index in [1.807, 2.05) is 25.2 Å². The van der Waals surface area contributed by atoms with Gasteiger partial charge in [-0.25, -0.2) is 9.37 Å². The summed E-state index contributed by atoms with van der Waals surface area (Å²) in [4.78, 5) is 8.71. The van der Waals surface area contributed by atoms with E-state index >= 15 is 4.39 Å². The van der Waals surface area contributed by atoms with E-state index in [-0.39, 0.29) is 12.5 Å². The molecule has 3 N–H and O–H groups in total. The summed E-state index contributed by atoms with van der Waals surface area (Å²) >= 11 is 0. The second kappa shape index (κ2) is 8.68. The molecule has 0 spiro atoms. The van der Waals surface area contributed by atoms with Gasteiger partial charge < -0.3 is 25.4 Å². The molecule has 2 aromatic carbocycles. The molecule has 0 aliphatic carbocycles. The molecule has 3 heterocycles. The predicted octanol–water partition coefficient (Wildman–Crippen LogP) is 4.54. The lowest BCUT2D eigenvalue weighted by Crippen LogP contribution is -2.17. The molecule has 0 radical (unpaired) electrons. The smallest absolute Gasteiger partial charge is 0.231 e. The van der Waals surface area contributed by atoms with Crippen molar-refractivity contribution in [2.45, 2.75) is 0 Å². The van der Waals surface area contributed by atoms with E-state index in [2.05, 4.69) is 25.9 Å². The second-order valence-corrected chi connectivity index (χ2v) is 7.34. The van der Waals surface area contributed by atoms with Crippen LogP contribution in [-0.2, 0) is 0 Å². The Morgan fingerprint density at radius 3 is 2.62 bits per heavy atom. The highest BCUT2D eigenvalue weighted by Crippen LogP contribution is 2.39. The fourth-order valence-corrected chi connectivity index (χ4v) is 3.62. The van der Waals surface area contributed by atoms with Gasteiger partial charge in [0.25, 0.3) is 0 Å². The van der Waals surface area contributed by atoms with Gasteiger partial charge in [0.2, 0.25) is 6.79 Å². The summed E-state index contributed by atoms with van der Waals surface area (Å²) in [5, 5.41) is 10.3.